The fourth-order valence-electron chi connectivity index (χ4n) is 1.66. The third kappa shape index (κ3) is 2.33. The Hall–Kier alpha value is -2.16. The van der Waals surface area contributed by atoms with Crippen molar-refractivity contribution in [3.8, 4) is 0 Å². The van der Waals surface area contributed by atoms with Crippen LogP contribution in [-0.4, -0.2) is 10.8 Å². The molecule has 0 spiro atoms. The van der Waals surface area contributed by atoms with E-state index in [9.17, 15) is 4.79 Å². The Labute approximate surface area is 100 Å². The number of rotatable bonds is 2. The van der Waals surface area contributed by atoms with E-state index in [0.717, 1.165) is 11.1 Å². The highest BCUT2D eigenvalue weighted by Crippen LogP contribution is 2.16. The van der Waals surface area contributed by atoms with Crippen LogP contribution in [0.1, 0.15) is 27.0 Å². The van der Waals surface area contributed by atoms with Gasteiger partial charge in [0.1, 0.15) is 0 Å². The number of hydrogen-bond donors (Lipinski definition) is 1. The first kappa shape index (κ1) is 11.3. The van der Waals surface area contributed by atoms with Gasteiger partial charge in [0.05, 0.1) is 0 Å². The second-order valence-corrected chi connectivity index (χ2v) is 4.15. The van der Waals surface area contributed by atoms with Crippen molar-refractivity contribution < 1.29 is 4.79 Å². The normalized spacial score (nSPS) is 10.2. The molecule has 0 radical (unpaired) electrons. The van der Waals surface area contributed by atoms with Crippen molar-refractivity contribution in [1.82, 2.24) is 4.98 Å². The number of aromatic nitrogens is 1. The van der Waals surface area contributed by atoms with Gasteiger partial charge in [0.25, 0.3) is 0 Å². The van der Waals surface area contributed by atoms with Gasteiger partial charge in [0, 0.05) is 29.2 Å². The van der Waals surface area contributed by atoms with E-state index >= 15 is 0 Å². The van der Waals surface area contributed by atoms with E-state index in [1.807, 2.05) is 19.9 Å². The molecule has 86 valence electrons. The molecular weight excluding hydrogens is 212 g/mol. The molecular formula is C14H14N2O. The first-order valence-corrected chi connectivity index (χ1v) is 5.40. The summed E-state index contributed by atoms with van der Waals surface area (Å²) in [6.07, 6.45) is 3.31. The predicted molar refractivity (Wildman–Crippen MR) is 68.0 cm³/mol. The van der Waals surface area contributed by atoms with E-state index in [1.54, 1.807) is 30.6 Å². The maximum absolute atomic E-state index is 12.2. The van der Waals surface area contributed by atoms with Crippen LogP contribution in [0.4, 0.5) is 5.69 Å². The number of ketones is 1. The predicted octanol–water partition coefficient (Wildman–Crippen LogP) is 2.51. The molecule has 0 atom stereocenters. The van der Waals surface area contributed by atoms with Gasteiger partial charge in [-0.15, -0.1) is 0 Å². The van der Waals surface area contributed by atoms with Crippen molar-refractivity contribution in [3.63, 3.8) is 0 Å². The Kier molecular flexibility index (Phi) is 2.91. The van der Waals surface area contributed by atoms with Crippen molar-refractivity contribution in [1.29, 1.82) is 0 Å². The van der Waals surface area contributed by atoms with Gasteiger partial charge in [-0.2, -0.15) is 0 Å². The molecule has 0 aliphatic carbocycles. The molecule has 3 heteroatoms. The smallest absolute Gasteiger partial charge is 0.194 e. The lowest BCUT2D eigenvalue weighted by Gasteiger charge is -2.05. The van der Waals surface area contributed by atoms with Crippen molar-refractivity contribution in [2.75, 3.05) is 5.73 Å². The quantitative estimate of drug-likeness (QED) is 0.632. The molecule has 17 heavy (non-hydrogen) atoms. The van der Waals surface area contributed by atoms with Gasteiger partial charge in [0.2, 0.25) is 0 Å². The summed E-state index contributed by atoms with van der Waals surface area (Å²) in [5, 5.41) is 0. The van der Waals surface area contributed by atoms with Gasteiger partial charge in [-0.3, -0.25) is 9.78 Å². The molecule has 1 heterocycles. The van der Waals surface area contributed by atoms with Crippen LogP contribution in [0.15, 0.2) is 36.7 Å². The van der Waals surface area contributed by atoms with Crippen molar-refractivity contribution in [2.24, 2.45) is 0 Å². The summed E-state index contributed by atoms with van der Waals surface area (Å²) in [4.78, 5) is 16.2. The molecule has 2 N–H and O–H groups in total. The minimum atomic E-state index is -0.0238. The number of nitrogens with two attached hydrogens (primary N) is 1. The third-order valence-electron chi connectivity index (χ3n) is 2.67. The molecule has 0 unspecified atom stereocenters. The number of pyridine rings is 1. The second kappa shape index (κ2) is 4.37. The van der Waals surface area contributed by atoms with Crippen LogP contribution in [0.5, 0.6) is 0 Å². The number of nitrogen functional groups attached to an aromatic ring is 1. The van der Waals surface area contributed by atoms with E-state index < -0.39 is 0 Å². The summed E-state index contributed by atoms with van der Waals surface area (Å²) in [6.45, 7) is 3.80. The molecule has 3 nitrogen and oxygen atoms in total. The lowest BCUT2D eigenvalue weighted by atomic mass is 10.0. The summed E-state index contributed by atoms with van der Waals surface area (Å²) >= 11 is 0. The first-order valence-electron chi connectivity index (χ1n) is 5.40. The fraction of sp³-hybridized carbons (Fsp3) is 0.143. The van der Waals surface area contributed by atoms with E-state index in [0.29, 0.717) is 16.8 Å². The van der Waals surface area contributed by atoms with Gasteiger partial charge < -0.3 is 5.73 Å². The standard InChI is InChI=1S/C14H14N2O/c1-9-5-12(8-16-7-9)14(17)11-3-4-13(15)10(2)6-11/h3-8H,15H2,1-2H3. The highest BCUT2D eigenvalue weighted by Gasteiger charge is 2.10. The van der Waals surface area contributed by atoms with Crippen LogP contribution < -0.4 is 5.73 Å². The highest BCUT2D eigenvalue weighted by molar-refractivity contribution is 6.09. The Morgan fingerprint density at radius 1 is 1.12 bits per heavy atom. The maximum atomic E-state index is 12.2. The average Bonchev–Trinajstić information content (AvgIpc) is 2.32. The van der Waals surface area contributed by atoms with E-state index in [4.69, 9.17) is 5.73 Å². The Bertz CT molecular complexity index is 576. The van der Waals surface area contributed by atoms with Crippen LogP contribution in [0.2, 0.25) is 0 Å². The summed E-state index contributed by atoms with van der Waals surface area (Å²) in [5.41, 5.74) is 9.56. The zero-order valence-corrected chi connectivity index (χ0v) is 9.90. The number of aryl methyl sites for hydroxylation is 2. The molecule has 0 amide bonds. The van der Waals surface area contributed by atoms with Crippen LogP contribution in [0.25, 0.3) is 0 Å². The van der Waals surface area contributed by atoms with Crippen LogP contribution in [0.3, 0.4) is 0 Å². The Balaban J connectivity index is 2.40. The van der Waals surface area contributed by atoms with Crippen LogP contribution >= 0.6 is 0 Å². The molecule has 0 bridgehead atoms. The molecule has 2 aromatic rings. The number of carbonyl (C=O) groups excluding carboxylic acids is 1. The molecule has 0 aliphatic rings. The molecule has 2 rings (SSSR count). The monoisotopic (exact) mass is 226 g/mol. The number of anilines is 1. The maximum Gasteiger partial charge on any atom is 0.194 e. The van der Waals surface area contributed by atoms with Crippen molar-refractivity contribution in [3.05, 3.63) is 58.9 Å². The minimum absolute atomic E-state index is 0.0238. The Morgan fingerprint density at radius 3 is 2.53 bits per heavy atom. The molecule has 1 aromatic carbocycles. The van der Waals surface area contributed by atoms with E-state index in [2.05, 4.69) is 4.98 Å². The number of carbonyl (C=O) groups is 1. The largest absolute Gasteiger partial charge is 0.399 e. The van der Waals surface area contributed by atoms with Gasteiger partial charge >= 0.3 is 0 Å². The zero-order valence-electron chi connectivity index (χ0n) is 9.90. The fourth-order valence-corrected chi connectivity index (χ4v) is 1.66. The SMILES string of the molecule is Cc1cncc(C(=O)c2ccc(N)c(C)c2)c1. The summed E-state index contributed by atoms with van der Waals surface area (Å²) < 4.78 is 0. The van der Waals surface area contributed by atoms with Crippen LogP contribution in [-0.2, 0) is 0 Å². The molecule has 0 saturated carbocycles. The van der Waals surface area contributed by atoms with Gasteiger partial charge in [-0.25, -0.2) is 0 Å². The summed E-state index contributed by atoms with van der Waals surface area (Å²) in [7, 11) is 0. The third-order valence-corrected chi connectivity index (χ3v) is 2.67. The van der Waals surface area contributed by atoms with Gasteiger partial charge in [0.15, 0.2) is 5.78 Å². The van der Waals surface area contributed by atoms with Crippen molar-refractivity contribution in [2.45, 2.75) is 13.8 Å². The van der Waals surface area contributed by atoms with Gasteiger partial charge in [-0.05, 0) is 49.2 Å². The topological polar surface area (TPSA) is 56.0 Å². The highest BCUT2D eigenvalue weighted by atomic mass is 16.1. The minimum Gasteiger partial charge on any atom is -0.399 e. The molecule has 0 saturated heterocycles. The van der Waals surface area contributed by atoms with Crippen molar-refractivity contribution >= 4 is 11.5 Å². The first-order chi connectivity index (χ1) is 8.08. The van der Waals surface area contributed by atoms with Gasteiger partial charge in [-0.1, -0.05) is 0 Å². The molecule has 0 aliphatic heterocycles. The second-order valence-electron chi connectivity index (χ2n) is 4.15. The molecule has 0 fully saturated rings. The number of hydrogen-bond acceptors (Lipinski definition) is 3. The molecule has 1 aromatic heterocycles. The lowest BCUT2D eigenvalue weighted by Crippen LogP contribution is -2.03. The van der Waals surface area contributed by atoms with Crippen LogP contribution in [0, 0.1) is 13.8 Å². The lowest BCUT2D eigenvalue weighted by molar-refractivity contribution is 0.103. The van der Waals surface area contributed by atoms with E-state index in [1.165, 1.54) is 0 Å². The summed E-state index contributed by atoms with van der Waals surface area (Å²) in [5.74, 6) is -0.0238. The Morgan fingerprint density at radius 2 is 1.88 bits per heavy atom. The number of nitrogens with zero attached hydrogens (tertiary/aromatic N) is 1. The average molecular weight is 226 g/mol. The van der Waals surface area contributed by atoms with E-state index in [-0.39, 0.29) is 5.78 Å². The number of benzene rings is 1. The summed E-state index contributed by atoms with van der Waals surface area (Å²) in [6, 6.07) is 7.14. The zero-order chi connectivity index (χ0) is 12.4.